The molecule has 5 nitrogen and oxygen atoms in total. The molecule has 2 rings (SSSR count). The third kappa shape index (κ3) is 4.41. The van der Waals surface area contributed by atoms with E-state index in [0.29, 0.717) is 6.54 Å². The Hall–Kier alpha value is -1.66. The highest BCUT2D eigenvalue weighted by Gasteiger charge is 2.07. The number of halogens is 1. The number of hydrogen-bond donors (Lipinski definition) is 2. The van der Waals surface area contributed by atoms with Crippen LogP contribution in [0, 0.1) is 0 Å². The fraction of sp³-hybridized carbons (Fsp3) is 0.333. The van der Waals surface area contributed by atoms with E-state index in [1.54, 1.807) is 4.68 Å². The average molecular weight is 351 g/mol. The molecular weight excluding hydrogens is 332 g/mol. The summed E-state index contributed by atoms with van der Waals surface area (Å²) >= 11 is 3.41. The van der Waals surface area contributed by atoms with Crippen molar-refractivity contribution < 1.29 is 4.79 Å². The maximum Gasteiger partial charge on any atom is 0.238 e. The molecule has 2 aromatic rings. The van der Waals surface area contributed by atoms with Crippen LogP contribution in [0.3, 0.4) is 0 Å². The van der Waals surface area contributed by atoms with Crippen LogP contribution in [0.5, 0.6) is 0 Å². The number of aromatic nitrogens is 2. The van der Waals surface area contributed by atoms with Gasteiger partial charge in [0.15, 0.2) is 0 Å². The van der Waals surface area contributed by atoms with Gasteiger partial charge in [-0.3, -0.25) is 9.48 Å². The van der Waals surface area contributed by atoms with Gasteiger partial charge in [0.25, 0.3) is 0 Å². The van der Waals surface area contributed by atoms with Crippen molar-refractivity contribution in [2.75, 3.05) is 11.9 Å². The molecule has 0 aliphatic rings. The third-order valence-electron chi connectivity index (χ3n) is 3.08. The van der Waals surface area contributed by atoms with Gasteiger partial charge in [0.1, 0.15) is 0 Å². The van der Waals surface area contributed by atoms with E-state index in [-0.39, 0.29) is 12.5 Å². The van der Waals surface area contributed by atoms with Gasteiger partial charge in [-0.05, 0) is 34.5 Å². The van der Waals surface area contributed by atoms with Crippen LogP contribution >= 0.6 is 15.9 Å². The van der Waals surface area contributed by atoms with Gasteiger partial charge in [-0.25, -0.2) is 0 Å². The van der Waals surface area contributed by atoms with Crippen molar-refractivity contribution in [3.63, 3.8) is 0 Å². The van der Waals surface area contributed by atoms with Gasteiger partial charge in [0, 0.05) is 29.8 Å². The van der Waals surface area contributed by atoms with Crippen molar-refractivity contribution in [1.82, 2.24) is 15.1 Å². The van der Waals surface area contributed by atoms with E-state index in [1.807, 2.05) is 37.5 Å². The van der Waals surface area contributed by atoms with E-state index in [2.05, 4.69) is 38.6 Å². The number of carbonyl (C=O) groups excluding carboxylic acids is 1. The predicted molar refractivity (Wildman–Crippen MR) is 87.1 cm³/mol. The number of hydrogen-bond acceptors (Lipinski definition) is 3. The smallest absolute Gasteiger partial charge is 0.238 e. The number of aryl methyl sites for hydroxylation is 2. The first-order chi connectivity index (χ1) is 10.1. The summed E-state index contributed by atoms with van der Waals surface area (Å²) in [5.41, 5.74) is 2.98. The van der Waals surface area contributed by atoms with E-state index in [0.717, 1.165) is 27.8 Å². The van der Waals surface area contributed by atoms with Crippen molar-refractivity contribution in [3.05, 3.63) is 46.2 Å². The van der Waals surface area contributed by atoms with Gasteiger partial charge in [-0.15, -0.1) is 0 Å². The summed E-state index contributed by atoms with van der Waals surface area (Å²) in [6.45, 7) is 2.98. The zero-order chi connectivity index (χ0) is 15.2. The lowest BCUT2D eigenvalue weighted by Crippen LogP contribution is -2.28. The molecule has 0 aliphatic carbocycles. The first-order valence-electron chi connectivity index (χ1n) is 6.86. The first kappa shape index (κ1) is 15.7. The molecule has 2 N–H and O–H groups in total. The summed E-state index contributed by atoms with van der Waals surface area (Å²) in [6.07, 6.45) is 2.87. The average Bonchev–Trinajstić information content (AvgIpc) is 2.81. The second-order valence-corrected chi connectivity index (χ2v) is 5.61. The summed E-state index contributed by atoms with van der Waals surface area (Å²) in [5.74, 6) is -0.0659. The lowest BCUT2D eigenvalue weighted by atomic mass is 10.2. The maximum atomic E-state index is 11.9. The topological polar surface area (TPSA) is 59.0 Å². The Labute approximate surface area is 132 Å². The van der Waals surface area contributed by atoms with Crippen LogP contribution in [-0.4, -0.2) is 22.2 Å². The highest BCUT2D eigenvalue weighted by molar-refractivity contribution is 9.10. The van der Waals surface area contributed by atoms with Crippen LogP contribution in [0.2, 0.25) is 0 Å². The number of amides is 1. The van der Waals surface area contributed by atoms with Gasteiger partial charge in [-0.1, -0.05) is 19.1 Å². The molecule has 21 heavy (non-hydrogen) atoms. The maximum absolute atomic E-state index is 11.9. The van der Waals surface area contributed by atoms with Crippen molar-refractivity contribution in [3.8, 4) is 0 Å². The minimum atomic E-state index is -0.0659. The molecule has 0 fully saturated rings. The predicted octanol–water partition coefficient (Wildman–Crippen LogP) is 2.47. The van der Waals surface area contributed by atoms with E-state index >= 15 is 0 Å². The largest absolute Gasteiger partial charge is 0.324 e. The Kier molecular flexibility index (Phi) is 5.52. The summed E-state index contributed by atoms with van der Waals surface area (Å²) in [5, 5.41) is 10.4. The van der Waals surface area contributed by atoms with Gasteiger partial charge >= 0.3 is 0 Å². The molecule has 1 amide bonds. The second kappa shape index (κ2) is 7.38. The van der Waals surface area contributed by atoms with E-state index in [9.17, 15) is 4.79 Å². The number of carbonyl (C=O) groups is 1. The quantitative estimate of drug-likeness (QED) is 0.841. The Bertz CT molecular complexity index is 624. The van der Waals surface area contributed by atoms with Crippen LogP contribution in [0.4, 0.5) is 5.69 Å². The number of benzene rings is 1. The van der Waals surface area contributed by atoms with Crippen molar-refractivity contribution in [2.45, 2.75) is 19.9 Å². The lowest BCUT2D eigenvalue weighted by molar-refractivity contribution is -0.115. The molecule has 6 heteroatoms. The Morgan fingerprint density at radius 2 is 2.14 bits per heavy atom. The van der Waals surface area contributed by atoms with Crippen LogP contribution < -0.4 is 10.6 Å². The zero-order valence-electron chi connectivity index (χ0n) is 12.2. The summed E-state index contributed by atoms with van der Waals surface area (Å²) in [4.78, 5) is 11.9. The molecule has 0 aliphatic heterocycles. The lowest BCUT2D eigenvalue weighted by Gasteiger charge is -2.08. The summed E-state index contributed by atoms with van der Waals surface area (Å²) in [6, 6.07) is 7.55. The minimum absolute atomic E-state index is 0.0659. The monoisotopic (exact) mass is 350 g/mol. The third-order valence-corrected chi connectivity index (χ3v) is 3.77. The van der Waals surface area contributed by atoms with Gasteiger partial charge in [-0.2, -0.15) is 5.10 Å². The molecule has 0 saturated carbocycles. The zero-order valence-corrected chi connectivity index (χ0v) is 13.8. The number of para-hydroxylation sites is 1. The summed E-state index contributed by atoms with van der Waals surface area (Å²) in [7, 11) is 1.91. The summed E-state index contributed by atoms with van der Waals surface area (Å²) < 4.78 is 2.68. The molecule has 1 heterocycles. The highest BCUT2D eigenvalue weighted by Crippen LogP contribution is 2.20. The Morgan fingerprint density at radius 3 is 2.86 bits per heavy atom. The highest BCUT2D eigenvalue weighted by atomic mass is 79.9. The normalized spacial score (nSPS) is 10.6. The minimum Gasteiger partial charge on any atom is -0.324 e. The number of rotatable bonds is 6. The van der Waals surface area contributed by atoms with Crippen LogP contribution in [0.25, 0.3) is 0 Å². The number of nitrogens with one attached hydrogen (secondary N) is 2. The van der Waals surface area contributed by atoms with Crippen LogP contribution in [0.15, 0.2) is 34.9 Å². The van der Waals surface area contributed by atoms with Gasteiger partial charge in [0.05, 0.1) is 17.9 Å². The molecule has 0 spiro atoms. The second-order valence-electron chi connectivity index (χ2n) is 4.76. The fourth-order valence-electron chi connectivity index (χ4n) is 2.10. The molecule has 0 unspecified atom stereocenters. The van der Waals surface area contributed by atoms with E-state index in [1.165, 1.54) is 0 Å². The molecule has 0 bridgehead atoms. The van der Waals surface area contributed by atoms with Gasteiger partial charge in [0.2, 0.25) is 5.91 Å². The van der Waals surface area contributed by atoms with Crippen molar-refractivity contribution >= 4 is 27.5 Å². The SMILES string of the molecule is CCc1nn(C)cc1CNCC(=O)Nc1ccccc1Br. The van der Waals surface area contributed by atoms with Crippen LogP contribution in [-0.2, 0) is 24.8 Å². The fourth-order valence-corrected chi connectivity index (χ4v) is 2.48. The van der Waals surface area contributed by atoms with E-state index < -0.39 is 0 Å². The van der Waals surface area contributed by atoms with Crippen molar-refractivity contribution in [1.29, 1.82) is 0 Å². The molecule has 1 aromatic heterocycles. The van der Waals surface area contributed by atoms with Gasteiger partial charge < -0.3 is 10.6 Å². The molecule has 0 saturated heterocycles. The first-order valence-corrected chi connectivity index (χ1v) is 7.66. The Balaban J connectivity index is 1.83. The molecule has 112 valence electrons. The number of nitrogens with zero attached hydrogens (tertiary/aromatic N) is 2. The van der Waals surface area contributed by atoms with Crippen LogP contribution in [0.1, 0.15) is 18.2 Å². The molecule has 1 aromatic carbocycles. The molecule has 0 radical (unpaired) electrons. The Morgan fingerprint density at radius 1 is 1.38 bits per heavy atom. The number of anilines is 1. The molecular formula is C15H19BrN4O. The molecule has 0 atom stereocenters. The van der Waals surface area contributed by atoms with E-state index in [4.69, 9.17) is 0 Å². The van der Waals surface area contributed by atoms with Crippen molar-refractivity contribution in [2.24, 2.45) is 7.05 Å². The standard InChI is InChI=1S/C15H19BrN4O/c1-3-13-11(10-20(2)19-13)8-17-9-15(21)18-14-7-5-4-6-12(14)16/h4-7,10,17H,3,8-9H2,1-2H3,(H,18,21).